The minimum atomic E-state index is -0.171. The van der Waals surface area contributed by atoms with Crippen LogP contribution in [-0.2, 0) is 17.6 Å². The van der Waals surface area contributed by atoms with E-state index in [1.807, 2.05) is 24.3 Å². The first-order valence-corrected chi connectivity index (χ1v) is 8.49. The molecule has 0 saturated carbocycles. The van der Waals surface area contributed by atoms with Crippen molar-refractivity contribution in [1.29, 1.82) is 0 Å². The molecule has 9 heteroatoms. The Morgan fingerprint density at radius 3 is 2.92 bits per heavy atom. The zero-order valence-corrected chi connectivity index (χ0v) is 14.7. The van der Waals surface area contributed by atoms with Crippen LogP contribution in [0, 0.1) is 6.92 Å². The van der Waals surface area contributed by atoms with E-state index >= 15 is 0 Å². The van der Waals surface area contributed by atoms with E-state index in [0.717, 1.165) is 16.3 Å². The fraction of sp³-hybridized carbons (Fsp3) is 0.312. The summed E-state index contributed by atoms with van der Waals surface area (Å²) in [5.41, 5.74) is 1.02. The van der Waals surface area contributed by atoms with Crippen LogP contribution in [0.4, 0.5) is 5.13 Å². The standard InChI is InChI=1S/C16H17N5O3S/c1-10-17-14(24-21-10)8-7-13(22)18-16-20-19-15(25-16)9-11-5-3-4-6-12(11)23-2/h3-6H,7-9H2,1-2H3,(H,18,20,22). The second-order valence-electron chi connectivity index (χ2n) is 5.27. The van der Waals surface area contributed by atoms with E-state index in [9.17, 15) is 4.79 Å². The number of hydrogen-bond acceptors (Lipinski definition) is 8. The molecule has 8 nitrogen and oxygen atoms in total. The molecule has 0 bridgehead atoms. The number of benzene rings is 1. The minimum Gasteiger partial charge on any atom is -0.496 e. The van der Waals surface area contributed by atoms with Crippen molar-refractivity contribution >= 4 is 22.4 Å². The summed E-state index contributed by atoms with van der Waals surface area (Å²) in [6.07, 6.45) is 1.22. The number of aryl methyl sites for hydroxylation is 2. The van der Waals surface area contributed by atoms with Crippen LogP contribution in [0.5, 0.6) is 5.75 Å². The Labute approximate surface area is 148 Å². The lowest BCUT2D eigenvalue weighted by atomic mass is 10.1. The molecule has 2 aromatic heterocycles. The summed E-state index contributed by atoms with van der Waals surface area (Å²) in [6, 6.07) is 7.74. The van der Waals surface area contributed by atoms with Gasteiger partial charge in [-0.15, -0.1) is 10.2 Å². The number of nitrogens with zero attached hydrogens (tertiary/aromatic N) is 4. The predicted octanol–water partition coefficient (Wildman–Crippen LogP) is 2.40. The normalized spacial score (nSPS) is 10.6. The van der Waals surface area contributed by atoms with Crippen molar-refractivity contribution in [2.45, 2.75) is 26.2 Å². The molecule has 0 radical (unpaired) electrons. The number of rotatable bonds is 7. The van der Waals surface area contributed by atoms with Gasteiger partial charge in [0.2, 0.25) is 16.9 Å². The third-order valence-corrected chi connectivity index (χ3v) is 4.22. The molecule has 0 spiro atoms. The average Bonchev–Trinajstić information content (AvgIpc) is 3.22. The SMILES string of the molecule is COc1ccccc1Cc1nnc(NC(=O)CCc2nc(C)no2)s1. The zero-order chi connectivity index (χ0) is 17.6. The number of anilines is 1. The molecule has 1 aromatic carbocycles. The molecule has 2 heterocycles. The number of amides is 1. The Hall–Kier alpha value is -2.81. The lowest BCUT2D eigenvalue weighted by Gasteiger charge is -2.05. The van der Waals surface area contributed by atoms with Crippen LogP contribution >= 0.6 is 11.3 Å². The Balaban J connectivity index is 1.55. The van der Waals surface area contributed by atoms with Gasteiger partial charge in [-0.1, -0.05) is 34.7 Å². The van der Waals surface area contributed by atoms with Crippen molar-refractivity contribution in [3.05, 3.63) is 46.6 Å². The molecule has 0 unspecified atom stereocenters. The molecule has 130 valence electrons. The number of hydrogen-bond donors (Lipinski definition) is 1. The maximum atomic E-state index is 12.0. The van der Waals surface area contributed by atoms with Crippen molar-refractivity contribution in [2.75, 3.05) is 12.4 Å². The van der Waals surface area contributed by atoms with E-state index in [0.29, 0.717) is 29.7 Å². The lowest BCUT2D eigenvalue weighted by Crippen LogP contribution is -2.12. The van der Waals surface area contributed by atoms with Gasteiger partial charge in [-0.3, -0.25) is 4.79 Å². The first-order chi connectivity index (χ1) is 12.1. The predicted molar refractivity (Wildman–Crippen MR) is 91.7 cm³/mol. The summed E-state index contributed by atoms with van der Waals surface area (Å²) in [5, 5.41) is 15.8. The van der Waals surface area contributed by atoms with Gasteiger partial charge in [-0.2, -0.15) is 4.98 Å². The van der Waals surface area contributed by atoms with Gasteiger partial charge in [-0.25, -0.2) is 0 Å². The number of methoxy groups -OCH3 is 1. The summed E-state index contributed by atoms with van der Waals surface area (Å²) in [7, 11) is 1.63. The maximum absolute atomic E-state index is 12.0. The van der Waals surface area contributed by atoms with Gasteiger partial charge < -0.3 is 14.6 Å². The molecule has 0 saturated heterocycles. The largest absolute Gasteiger partial charge is 0.496 e. The van der Waals surface area contributed by atoms with E-state index in [4.69, 9.17) is 9.26 Å². The first-order valence-electron chi connectivity index (χ1n) is 7.67. The van der Waals surface area contributed by atoms with Crippen LogP contribution in [0.25, 0.3) is 0 Å². The van der Waals surface area contributed by atoms with Gasteiger partial charge in [0.25, 0.3) is 0 Å². The third kappa shape index (κ3) is 4.60. The molecular formula is C16H17N5O3S. The molecule has 0 atom stereocenters. The van der Waals surface area contributed by atoms with Crippen molar-refractivity contribution in [3.8, 4) is 5.75 Å². The Bertz CT molecular complexity index is 861. The average molecular weight is 359 g/mol. The quantitative estimate of drug-likeness (QED) is 0.691. The van der Waals surface area contributed by atoms with Crippen LogP contribution in [0.15, 0.2) is 28.8 Å². The van der Waals surface area contributed by atoms with Crippen molar-refractivity contribution in [1.82, 2.24) is 20.3 Å². The summed E-state index contributed by atoms with van der Waals surface area (Å²) in [5.74, 6) is 1.64. The van der Waals surface area contributed by atoms with Crippen molar-refractivity contribution in [2.24, 2.45) is 0 Å². The van der Waals surface area contributed by atoms with Gasteiger partial charge in [-0.05, 0) is 13.0 Å². The maximum Gasteiger partial charge on any atom is 0.227 e. The van der Waals surface area contributed by atoms with Gasteiger partial charge >= 0.3 is 0 Å². The number of aromatic nitrogens is 4. The fourth-order valence-electron chi connectivity index (χ4n) is 2.23. The van der Waals surface area contributed by atoms with Gasteiger partial charge in [0.1, 0.15) is 10.8 Å². The molecule has 1 amide bonds. The zero-order valence-electron chi connectivity index (χ0n) is 13.9. The first kappa shape index (κ1) is 17.0. The smallest absolute Gasteiger partial charge is 0.227 e. The second kappa shape index (κ2) is 7.84. The van der Waals surface area contributed by atoms with E-state index in [-0.39, 0.29) is 12.3 Å². The molecule has 25 heavy (non-hydrogen) atoms. The Morgan fingerprint density at radius 2 is 2.16 bits per heavy atom. The fourth-order valence-corrected chi connectivity index (χ4v) is 3.01. The summed E-state index contributed by atoms with van der Waals surface area (Å²) in [4.78, 5) is 16.0. The summed E-state index contributed by atoms with van der Waals surface area (Å²) >= 11 is 1.34. The van der Waals surface area contributed by atoms with Crippen LogP contribution in [0.2, 0.25) is 0 Å². The number of ether oxygens (including phenoxy) is 1. The number of carbonyl (C=O) groups is 1. The molecule has 0 aliphatic heterocycles. The number of para-hydroxylation sites is 1. The van der Waals surface area contributed by atoms with Crippen molar-refractivity contribution in [3.63, 3.8) is 0 Å². The molecule has 0 fully saturated rings. The third-order valence-electron chi connectivity index (χ3n) is 3.38. The highest BCUT2D eigenvalue weighted by atomic mass is 32.1. The minimum absolute atomic E-state index is 0.171. The van der Waals surface area contributed by atoms with Crippen LogP contribution in [0.1, 0.15) is 28.7 Å². The highest BCUT2D eigenvalue weighted by Crippen LogP contribution is 2.24. The topological polar surface area (TPSA) is 103 Å². The van der Waals surface area contributed by atoms with Gasteiger partial charge in [0.05, 0.1) is 7.11 Å². The molecule has 0 aliphatic rings. The van der Waals surface area contributed by atoms with Crippen LogP contribution in [0.3, 0.4) is 0 Å². The summed E-state index contributed by atoms with van der Waals surface area (Å²) < 4.78 is 10.3. The Kier molecular flexibility index (Phi) is 5.34. The Morgan fingerprint density at radius 1 is 1.32 bits per heavy atom. The van der Waals surface area contributed by atoms with Crippen LogP contribution < -0.4 is 10.1 Å². The van der Waals surface area contributed by atoms with E-state index in [1.54, 1.807) is 14.0 Å². The number of nitrogens with one attached hydrogen (secondary N) is 1. The molecular weight excluding hydrogens is 342 g/mol. The monoisotopic (exact) mass is 359 g/mol. The summed E-state index contributed by atoms with van der Waals surface area (Å²) in [6.45, 7) is 1.73. The molecule has 1 N–H and O–H groups in total. The van der Waals surface area contributed by atoms with Crippen molar-refractivity contribution < 1.29 is 14.1 Å². The highest BCUT2D eigenvalue weighted by molar-refractivity contribution is 7.15. The van der Waals surface area contributed by atoms with E-state index < -0.39 is 0 Å². The van der Waals surface area contributed by atoms with E-state index in [2.05, 4.69) is 25.7 Å². The lowest BCUT2D eigenvalue weighted by molar-refractivity contribution is -0.116. The van der Waals surface area contributed by atoms with Crippen LogP contribution in [-0.4, -0.2) is 33.4 Å². The highest BCUT2D eigenvalue weighted by Gasteiger charge is 2.12. The second-order valence-corrected chi connectivity index (χ2v) is 6.34. The number of carbonyl (C=O) groups excluding carboxylic acids is 1. The van der Waals surface area contributed by atoms with Gasteiger partial charge in [0.15, 0.2) is 5.82 Å². The van der Waals surface area contributed by atoms with Gasteiger partial charge in [0, 0.05) is 24.8 Å². The van der Waals surface area contributed by atoms with E-state index in [1.165, 1.54) is 11.3 Å². The molecule has 0 aliphatic carbocycles. The molecule has 3 rings (SSSR count). The molecule has 3 aromatic rings.